The Balaban J connectivity index is 2.18. The minimum Gasteiger partial charge on any atom is -0.322 e. The number of halogens is 1. The number of nitrogens with zero attached hydrogens (tertiary/aromatic N) is 1. The van der Waals surface area contributed by atoms with Crippen LogP contribution in [-0.4, -0.2) is 11.7 Å². The Kier molecular flexibility index (Phi) is 4.10. The maximum Gasteiger partial charge on any atom is 0.258 e. The van der Waals surface area contributed by atoms with Crippen molar-refractivity contribution >= 4 is 17.4 Å². The topological polar surface area (TPSA) is 70.0 Å². The fourth-order valence-corrected chi connectivity index (χ4v) is 1.76. The quantitative estimate of drug-likeness (QED) is 0.879. The van der Waals surface area contributed by atoms with Crippen molar-refractivity contribution in [3.05, 3.63) is 65.0 Å². The largest absolute Gasteiger partial charge is 0.322 e. The molecular formula is C16H11FN2O2. The maximum atomic E-state index is 13.7. The molecule has 2 rings (SSSR count). The van der Waals surface area contributed by atoms with Gasteiger partial charge >= 0.3 is 0 Å². The van der Waals surface area contributed by atoms with Crippen molar-refractivity contribution in [2.75, 3.05) is 5.32 Å². The summed E-state index contributed by atoms with van der Waals surface area (Å²) >= 11 is 0. The standard InChI is InChI=1S/C16H11FN2O2/c1-10(20)12-3-5-13(6-4-12)19-16(21)14-7-2-11(9-18)8-15(14)17/h2-8H,1H3,(H,19,21). The normalized spacial score (nSPS) is 9.76. The van der Waals surface area contributed by atoms with Crippen LogP contribution in [0.3, 0.4) is 0 Å². The lowest BCUT2D eigenvalue weighted by Gasteiger charge is -2.07. The van der Waals surface area contributed by atoms with Crippen molar-refractivity contribution < 1.29 is 14.0 Å². The lowest BCUT2D eigenvalue weighted by atomic mass is 10.1. The van der Waals surface area contributed by atoms with Crippen molar-refractivity contribution in [3.63, 3.8) is 0 Å². The third kappa shape index (κ3) is 3.31. The zero-order chi connectivity index (χ0) is 15.4. The van der Waals surface area contributed by atoms with Crippen LogP contribution in [0.25, 0.3) is 0 Å². The van der Waals surface area contributed by atoms with Crippen LogP contribution in [0.2, 0.25) is 0 Å². The molecule has 0 unspecified atom stereocenters. The van der Waals surface area contributed by atoms with E-state index < -0.39 is 11.7 Å². The SMILES string of the molecule is CC(=O)c1ccc(NC(=O)c2ccc(C#N)cc2F)cc1. The first-order chi connectivity index (χ1) is 10.0. The highest BCUT2D eigenvalue weighted by molar-refractivity contribution is 6.04. The first kappa shape index (κ1) is 14.4. The molecule has 0 aromatic heterocycles. The Morgan fingerprint density at radius 2 is 1.81 bits per heavy atom. The van der Waals surface area contributed by atoms with Crippen molar-refractivity contribution in [2.24, 2.45) is 0 Å². The van der Waals surface area contributed by atoms with Crippen molar-refractivity contribution in [1.29, 1.82) is 5.26 Å². The summed E-state index contributed by atoms with van der Waals surface area (Å²) in [5.41, 5.74) is 0.978. The maximum absolute atomic E-state index is 13.7. The molecule has 2 aromatic carbocycles. The third-order valence-corrected chi connectivity index (χ3v) is 2.89. The van der Waals surface area contributed by atoms with E-state index in [4.69, 9.17) is 5.26 Å². The number of amides is 1. The second-order valence-electron chi connectivity index (χ2n) is 4.39. The molecule has 1 amide bonds. The van der Waals surface area contributed by atoms with Gasteiger partial charge in [0.05, 0.1) is 17.2 Å². The van der Waals surface area contributed by atoms with E-state index in [-0.39, 0.29) is 16.9 Å². The number of Topliss-reactive ketones (excluding diaryl/α,β-unsaturated/α-hetero) is 1. The van der Waals surface area contributed by atoms with Gasteiger partial charge in [-0.2, -0.15) is 5.26 Å². The van der Waals surface area contributed by atoms with Gasteiger partial charge in [0, 0.05) is 11.3 Å². The van der Waals surface area contributed by atoms with E-state index in [0.717, 1.165) is 6.07 Å². The second-order valence-corrected chi connectivity index (χ2v) is 4.39. The predicted octanol–water partition coefficient (Wildman–Crippen LogP) is 3.15. The zero-order valence-corrected chi connectivity index (χ0v) is 11.2. The highest BCUT2D eigenvalue weighted by atomic mass is 19.1. The van der Waals surface area contributed by atoms with E-state index in [1.807, 2.05) is 0 Å². The molecule has 0 atom stereocenters. The van der Waals surface area contributed by atoms with Gasteiger partial charge in [-0.15, -0.1) is 0 Å². The van der Waals surface area contributed by atoms with E-state index in [1.54, 1.807) is 30.3 Å². The van der Waals surface area contributed by atoms with Crippen molar-refractivity contribution in [3.8, 4) is 6.07 Å². The van der Waals surface area contributed by atoms with Crippen LogP contribution in [0.15, 0.2) is 42.5 Å². The highest BCUT2D eigenvalue weighted by Gasteiger charge is 2.12. The minimum absolute atomic E-state index is 0.0778. The smallest absolute Gasteiger partial charge is 0.258 e. The molecule has 2 aromatic rings. The monoisotopic (exact) mass is 282 g/mol. The van der Waals surface area contributed by atoms with Gasteiger partial charge in [0.2, 0.25) is 0 Å². The molecule has 0 fully saturated rings. The summed E-state index contributed by atoms with van der Waals surface area (Å²) in [6, 6.07) is 11.7. The van der Waals surface area contributed by atoms with Gasteiger partial charge in [0.1, 0.15) is 5.82 Å². The zero-order valence-electron chi connectivity index (χ0n) is 11.2. The average molecular weight is 282 g/mol. The Labute approximate surface area is 120 Å². The van der Waals surface area contributed by atoms with Crippen LogP contribution in [0, 0.1) is 17.1 Å². The lowest BCUT2D eigenvalue weighted by molar-refractivity contribution is 0.101. The Bertz CT molecular complexity index is 746. The summed E-state index contributed by atoms with van der Waals surface area (Å²) in [5.74, 6) is -1.45. The molecule has 0 aliphatic rings. The van der Waals surface area contributed by atoms with Gasteiger partial charge in [-0.1, -0.05) is 0 Å². The van der Waals surface area contributed by atoms with Gasteiger partial charge < -0.3 is 5.32 Å². The summed E-state index contributed by atoms with van der Waals surface area (Å²) in [6.45, 7) is 1.44. The number of nitriles is 1. The number of anilines is 1. The second kappa shape index (κ2) is 5.97. The van der Waals surface area contributed by atoms with Crippen LogP contribution in [-0.2, 0) is 0 Å². The number of ketones is 1. The summed E-state index contributed by atoms with van der Waals surface area (Å²) < 4.78 is 13.7. The van der Waals surface area contributed by atoms with E-state index in [1.165, 1.54) is 19.1 Å². The van der Waals surface area contributed by atoms with Crippen molar-refractivity contribution in [1.82, 2.24) is 0 Å². The number of hydrogen-bond acceptors (Lipinski definition) is 3. The number of hydrogen-bond donors (Lipinski definition) is 1. The summed E-state index contributed by atoms with van der Waals surface area (Å²) in [7, 11) is 0. The third-order valence-electron chi connectivity index (χ3n) is 2.89. The fourth-order valence-electron chi connectivity index (χ4n) is 1.76. The van der Waals surface area contributed by atoms with Gasteiger partial charge in [0.25, 0.3) is 5.91 Å². The molecule has 21 heavy (non-hydrogen) atoms. The van der Waals surface area contributed by atoms with Gasteiger partial charge in [0.15, 0.2) is 5.78 Å². The fraction of sp³-hybridized carbons (Fsp3) is 0.0625. The molecule has 0 radical (unpaired) electrons. The van der Waals surface area contributed by atoms with Crippen LogP contribution in [0.5, 0.6) is 0 Å². The molecule has 0 saturated heterocycles. The Hall–Kier alpha value is -3.00. The van der Waals surface area contributed by atoms with E-state index in [9.17, 15) is 14.0 Å². The van der Waals surface area contributed by atoms with Crippen LogP contribution in [0.1, 0.15) is 33.2 Å². The summed E-state index contributed by atoms with van der Waals surface area (Å²) in [6.07, 6.45) is 0. The van der Waals surface area contributed by atoms with Crippen LogP contribution in [0.4, 0.5) is 10.1 Å². The average Bonchev–Trinajstić information content (AvgIpc) is 2.47. The van der Waals surface area contributed by atoms with Crippen LogP contribution < -0.4 is 5.32 Å². The molecule has 0 heterocycles. The molecule has 0 spiro atoms. The van der Waals surface area contributed by atoms with Crippen LogP contribution >= 0.6 is 0 Å². The lowest BCUT2D eigenvalue weighted by Crippen LogP contribution is -2.14. The molecule has 0 saturated carbocycles. The number of carbonyl (C=O) groups excluding carboxylic acids is 2. The van der Waals surface area contributed by atoms with Gasteiger partial charge in [-0.3, -0.25) is 9.59 Å². The van der Waals surface area contributed by atoms with Gasteiger partial charge in [-0.05, 0) is 49.4 Å². The van der Waals surface area contributed by atoms with E-state index in [2.05, 4.69) is 5.32 Å². The van der Waals surface area contributed by atoms with Crippen molar-refractivity contribution in [2.45, 2.75) is 6.92 Å². The molecule has 0 aliphatic heterocycles. The molecule has 1 N–H and O–H groups in total. The minimum atomic E-state index is -0.757. The molecule has 104 valence electrons. The Morgan fingerprint density at radius 3 is 2.33 bits per heavy atom. The number of nitrogens with one attached hydrogen (secondary N) is 1. The summed E-state index contributed by atoms with van der Waals surface area (Å²) in [5, 5.41) is 11.2. The number of carbonyl (C=O) groups is 2. The summed E-state index contributed by atoms with van der Waals surface area (Å²) in [4.78, 5) is 23.1. The first-order valence-electron chi connectivity index (χ1n) is 6.13. The molecule has 0 aliphatic carbocycles. The highest BCUT2D eigenvalue weighted by Crippen LogP contribution is 2.14. The molecular weight excluding hydrogens is 271 g/mol. The molecule has 5 heteroatoms. The predicted molar refractivity (Wildman–Crippen MR) is 75.5 cm³/mol. The van der Waals surface area contributed by atoms with E-state index in [0.29, 0.717) is 11.3 Å². The molecule has 4 nitrogen and oxygen atoms in total. The van der Waals surface area contributed by atoms with E-state index >= 15 is 0 Å². The Morgan fingerprint density at radius 1 is 1.14 bits per heavy atom. The van der Waals surface area contributed by atoms with Gasteiger partial charge in [-0.25, -0.2) is 4.39 Å². The first-order valence-corrected chi connectivity index (χ1v) is 6.13. The molecule has 0 bridgehead atoms. The number of benzene rings is 2. The number of rotatable bonds is 3.